The Balaban J connectivity index is 0.00000225. The van der Waals surface area contributed by atoms with Crippen molar-refractivity contribution in [3.63, 3.8) is 0 Å². The summed E-state index contributed by atoms with van der Waals surface area (Å²) >= 11 is 0. The van der Waals surface area contributed by atoms with Crippen LogP contribution in [0.15, 0.2) is 29.2 Å². The van der Waals surface area contributed by atoms with Crippen molar-refractivity contribution in [3.8, 4) is 0 Å². The molecule has 1 aromatic carbocycles. The monoisotopic (exact) mass is 387 g/mol. The maximum absolute atomic E-state index is 12.6. The molecule has 6 nitrogen and oxygen atoms in total. The van der Waals surface area contributed by atoms with Crippen molar-refractivity contribution in [1.29, 1.82) is 0 Å². The topological polar surface area (TPSA) is 78.5 Å². The molecule has 0 spiro atoms. The zero-order valence-corrected chi connectivity index (χ0v) is 16.2. The summed E-state index contributed by atoms with van der Waals surface area (Å²) in [6.07, 6.45) is 0.724. The number of nitrogens with one attached hydrogen (secondary N) is 2. The number of hydrogen-bond acceptors (Lipinski definition) is 4. The van der Waals surface area contributed by atoms with Crippen LogP contribution in [-0.2, 0) is 10.0 Å². The van der Waals surface area contributed by atoms with Crippen LogP contribution in [0.2, 0.25) is 0 Å². The fraction of sp³-hybridized carbons (Fsp3) is 0.588. The largest absolute Gasteiger partial charge is 0.338 e. The van der Waals surface area contributed by atoms with Crippen LogP contribution in [0, 0.1) is 11.8 Å². The van der Waals surface area contributed by atoms with Gasteiger partial charge in [-0.1, -0.05) is 6.92 Å². The van der Waals surface area contributed by atoms with Gasteiger partial charge in [0.2, 0.25) is 10.0 Å². The highest BCUT2D eigenvalue weighted by molar-refractivity contribution is 7.89. The van der Waals surface area contributed by atoms with Gasteiger partial charge in [-0.15, -0.1) is 12.4 Å². The Morgan fingerprint density at radius 1 is 1.24 bits per heavy atom. The molecule has 140 valence electrons. The molecular weight excluding hydrogens is 362 g/mol. The third-order valence-electron chi connectivity index (χ3n) is 5.06. The van der Waals surface area contributed by atoms with E-state index >= 15 is 0 Å². The van der Waals surface area contributed by atoms with Crippen molar-refractivity contribution in [2.75, 3.05) is 26.2 Å². The zero-order valence-electron chi connectivity index (χ0n) is 14.6. The second kappa shape index (κ2) is 8.03. The van der Waals surface area contributed by atoms with Gasteiger partial charge >= 0.3 is 0 Å². The van der Waals surface area contributed by atoms with Crippen LogP contribution in [0.4, 0.5) is 0 Å². The molecule has 0 saturated carbocycles. The van der Waals surface area contributed by atoms with Crippen LogP contribution >= 0.6 is 12.4 Å². The highest BCUT2D eigenvalue weighted by Crippen LogP contribution is 2.27. The summed E-state index contributed by atoms with van der Waals surface area (Å²) in [7, 11) is -3.53. The molecule has 3 atom stereocenters. The number of carbonyl (C=O) groups excluding carboxylic acids is 1. The summed E-state index contributed by atoms with van der Waals surface area (Å²) in [5.41, 5.74) is 0.547. The average Bonchev–Trinajstić information content (AvgIpc) is 3.15. The van der Waals surface area contributed by atoms with Gasteiger partial charge in [-0.2, -0.15) is 0 Å². The van der Waals surface area contributed by atoms with Crippen molar-refractivity contribution in [3.05, 3.63) is 29.8 Å². The van der Waals surface area contributed by atoms with E-state index in [9.17, 15) is 13.2 Å². The van der Waals surface area contributed by atoms with Gasteiger partial charge in [0.15, 0.2) is 0 Å². The Kier molecular flexibility index (Phi) is 6.48. The Morgan fingerprint density at radius 2 is 1.80 bits per heavy atom. The molecule has 0 aliphatic carbocycles. The second-order valence-electron chi connectivity index (χ2n) is 6.84. The average molecular weight is 388 g/mol. The highest BCUT2D eigenvalue weighted by atomic mass is 35.5. The number of fused-ring (bicyclic) bond motifs is 1. The summed E-state index contributed by atoms with van der Waals surface area (Å²) in [4.78, 5) is 14.7. The van der Waals surface area contributed by atoms with Gasteiger partial charge in [-0.25, -0.2) is 13.1 Å². The number of carbonyl (C=O) groups is 1. The molecule has 2 aliphatic heterocycles. The Hall–Kier alpha value is -1.15. The first-order valence-corrected chi connectivity index (χ1v) is 10.0. The van der Waals surface area contributed by atoms with Gasteiger partial charge in [-0.05, 0) is 49.4 Å². The van der Waals surface area contributed by atoms with Gasteiger partial charge < -0.3 is 10.2 Å². The lowest BCUT2D eigenvalue weighted by molar-refractivity contribution is 0.0781. The molecule has 3 rings (SSSR count). The van der Waals surface area contributed by atoms with E-state index in [1.165, 1.54) is 12.1 Å². The van der Waals surface area contributed by atoms with E-state index in [4.69, 9.17) is 0 Å². The standard InChI is InChI=1S/C17H25N3O3S.ClH/c1-3-12(2)19-24(22,23)16-6-4-13(5-7-16)17(21)20-10-14-8-18-9-15(14)11-20;/h4-7,12,14-15,18-19H,3,8-11H2,1-2H3;1H/t12?,14-,15+;. The van der Waals surface area contributed by atoms with Gasteiger partial charge in [0.1, 0.15) is 0 Å². The Labute approximate surface area is 155 Å². The summed E-state index contributed by atoms with van der Waals surface area (Å²) in [5, 5.41) is 3.36. The summed E-state index contributed by atoms with van der Waals surface area (Å²) < 4.78 is 27.1. The van der Waals surface area contributed by atoms with Crippen LogP contribution in [0.25, 0.3) is 0 Å². The van der Waals surface area contributed by atoms with Gasteiger partial charge in [0.05, 0.1) is 4.90 Å². The minimum absolute atomic E-state index is 0. The molecule has 0 bridgehead atoms. The smallest absolute Gasteiger partial charge is 0.253 e. The van der Waals surface area contributed by atoms with Crippen LogP contribution in [-0.4, -0.2) is 51.4 Å². The molecule has 0 aromatic heterocycles. The van der Waals surface area contributed by atoms with E-state index in [0.29, 0.717) is 17.4 Å². The number of amides is 1. The molecule has 2 aliphatic rings. The number of halogens is 1. The lowest BCUT2D eigenvalue weighted by Crippen LogP contribution is -2.32. The van der Waals surface area contributed by atoms with E-state index in [2.05, 4.69) is 10.0 Å². The first-order chi connectivity index (χ1) is 11.4. The molecule has 2 heterocycles. The number of nitrogens with zero attached hydrogens (tertiary/aromatic N) is 1. The van der Waals surface area contributed by atoms with Crippen LogP contribution in [0.5, 0.6) is 0 Å². The van der Waals surface area contributed by atoms with Crippen molar-refractivity contribution in [2.45, 2.75) is 31.2 Å². The van der Waals surface area contributed by atoms with Crippen molar-refractivity contribution in [1.82, 2.24) is 14.9 Å². The number of likely N-dealkylation sites (tertiary alicyclic amines) is 1. The molecule has 8 heteroatoms. The quantitative estimate of drug-likeness (QED) is 0.802. The maximum atomic E-state index is 12.6. The van der Waals surface area contributed by atoms with Crippen LogP contribution in [0.3, 0.4) is 0 Å². The molecule has 2 fully saturated rings. The van der Waals surface area contributed by atoms with E-state index in [0.717, 1.165) is 32.6 Å². The highest BCUT2D eigenvalue weighted by Gasteiger charge is 2.38. The molecule has 1 aromatic rings. The molecule has 2 N–H and O–H groups in total. The van der Waals surface area contributed by atoms with Gasteiger partial charge in [0, 0.05) is 37.8 Å². The summed E-state index contributed by atoms with van der Waals surface area (Å²) in [6, 6.07) is 6.13. The minimum atomic E-state index is -3.53. The maximum Gasteiger partial charge on any atom is 0.253 e. The molecule has 1 amide bonds. The van der Waals surface area contributed by atoms with Crippen molar-refractivity contribution < 1.29 is 13.2 Å². The zero-order chi connectivity index (χ0) is 17.3. The predicted molar refractivity (Wildman–Crippen MR) is 99.5 cm³/mol. The van der Waals surface area contributed by atoms with Gasteiger partial charge in [0.25, 0.3) is 5.91 Å². The lowest BCUT2D eigenvalue weighted by Gasteiger charge is -2.18. The molecule has 0 radical (unpaired) electrons. The first kappa shape index (κ1) is 20.2. The van der Waals surface area contributed by atoms with Crippen molar-refractivity contribution >= 4 is 28.3 Å². The third-order valence-corrected chi connectivity index (χ3v) is 6.66. The van der Waals surface area contributed by atoms with Crippen molar-refractivity contribution in [2.24, 2.45) is 11.8 Å². The minimum Gasteiger partial charge on any atom is -0.338 e. The molecule has 1 unspecified atom stereocenters. The summed E-state index contributed by atoms with van der Waals surface area (Å²) in [6.45, 7) is 7.28. The van der Waals surface area contributed by atoms with E-state index < -0.39 is 10.0 Å². The molecule has 25 heavy (non-hydrogen) atoms. The van der Waals surface area contributed by atoms with E-state index in [1.807, 2.05) is 18.7 Å². The fourth-order valence-corrected chi connectivity index (χ4v) is 4.72. The Morgan fingerprint density at radius 3 is 2.32 bits per heavy atom. The number of rotatable bonds is 5. The SMILES string of the molecule is CCC(C)NS(=O)(=O)c1ccc(C(=O)N2C[C@H]3CNC[C@H]3C2)cc1.Cl. The molecular formula is C17H26ClN3O3S. The van der Waals surface area contributed by atoms with E-state index in [1.54, 1.807) is 12.1 Å². The lowest BCUT2D eigenvalue weighted by atomic mass is 10.0. The molecule has 2 saturated heterocycles. The fourth-order valence-electron chi connectivity index (χ4n) is 3.40. The van der Waals surface area contributed by atoms with Gasteiger partial charge in [-0.3, -0.25) is 4.79 Å². The first-order valence-electron chi connectivity index (χ1n) is 8.53. The van der Waals surface area contributed by atoms with Crippen LogP contribution < -0.4 is 10.0 Å². The summed E-state index contributed by atoms with van der Waals surface area (Å²) in [5.74, 6) is 1.09. The van der Waals surface area contributed by atoms with Crippen LogP contribution in [0.1, 0.15) is 30.6 Å². The third kappa shape index (κ3) is 4.34. The number of sulfonamides is 1. The second-order valence-corrected chi connectivity index (χ2v) is 8.56. The predicted octanol–water partition coefficient (Wildman–Crippen LogP) is 1.48. The van der Waals surface area contributed by atoms with E-state index in [-0.39, 0.29) is 29.3 Å². The Bertz CT molecular complexity index is 696. The number of hydrogen-bond donors (Lipinski definition) is 2. The number of benzene rings is 1. The normalized spacial score (nSPS) is 23.8.